The third-order valence-corrected chi connectivity index (χ3v) is 4.45. The number of likely N-dealkylation sites (tertiary alicyclic amines) is 1. The van der Waals surface area contributed by atoms with Crippen LogP contribution in [0, 0.1) is 11.3 Å². The fourth-order valence-electron chi connectivity index (χ4n) is 3.12. The lowest BCUT2D eigenvalue weighted by Gasteiger charge is -2.24. The second kappa shape index (κ2) is 5.16. The van der Waals surface area contributed by atoms with Crippen LogP contribution in [0.4, 0.5) is 0 Å². The zero-order valence-electron chi connectivity index (χ0n) is 11.8. The number of amides is 1. The maximum absolute atomic E-state index is 12.5. The van der Waals surface area contributed by atoms with E-state index in [4.69, 9.17) is 9.47 Å². The van der Waals surface area contributed by atoms with Crippen molar-refractivity contribution in [3.63, 3.8) is 0 Å². The number of H-pyrrole nitrogens is 1. The van der Waals surface area contributed by atoms with Gasteiger partial charge in [-0.3, -0.25) is 9.59 Å². The predicted molar refractivity (Wildman–Crippen MR) is 73.3 cm³/mol. The van der Waals surface area contributed by atoms with Crippen molar-refractivity contribution in [1.29, 1.82) is 0 Å². The molecule has 2 aliphatic heterocycles. The monoisotopic (exact) mass is 294 g/mol. The van der Waals surface area contributed by atoms with Gasteiger partial charge in [0, 0.05) is 36.7 Å². The molecule has 2 N–H and O–H groups in total. The highest BCUT2D eigenvalue weighted by molar-refractivity contribution is 5.92. The van der Waals surface area contributed by atoms with E-state index in [2.05, 4.69) is 4.98 Å². The minimum atomic E-state index is -0.359. The largest absolute Gasteiger partial charge is 0.491 e. The lowest BCUT2D eigenvalue weighted by Crippen LogP contribution is -2.36. The van der Waals surface area contributed by atoms with Crippen LogP contribution in [-0.2, 0) is 4.74 Å². The van der Waals surface area contributed by atoms with E-state index in [1.165, 1.54) is 19.4 Å². The van der Waals surface area contributed by atoms with E-state index in [9.17, 15) is 14.7 Å². The molecular weight excluding hydrogens is 276 g/mol. The van der Waals surface area contributed by atoms with Crippen molar-refractivity contribution >= 4 is 5.91 Å². The number of hydrogen-bond acceptors (Lipinski definition) is 5. The number of pyridine rings is 1. The van der Waals surface area contributed by atoms with E-state index in [0.29, 0.717) is 26.3 Å². The maximum atomic E-state index is 12.5. The molecule has 1 amide bonds. The third-order valence-electron chi connectivity index (χ3n) is 4.45. The second-order valence-electron chi connectivity index (χ2n) is 5.70. The molecule has 3 heterocycles. The molecule has 2 atom stereocenters. The number of aliphatic hydroxyl groups is 1. The van der Waals surface area contributed by atoms with Gasteiger partial charge in [0.25, 0.3) is 5.91 Å². The number of carbonyl (C=O) groups excluding carboxylic acids is 1. The topological polar surface area (TPSA) is 91.9 Å². The van der Waals surface area contributed by atoms with Crippen molar-refractivity contribution in [2.75, 3.05) is 40.0 Å². The van der Waals surface area contributed by atoms with Crippen LogP contribution in [0.3, 0.4) is 0 Å². The molecule has 114 valence electrons. The van der Waals surface area contributed by atoms with Crippen molar-refractivity contribution in [1.82, 2.24) is 9.88 Å². The van der Waals surface area contributed by atoms with E-state index >= 15 is 0 Å². The lowest BCUT2D eigenvalue weighted by atomic mass is 9.82. The first-order valence-electron chi connectivity index (χ1n) is 6.84. The number of fused-ring (bicyclic) bond motifs is 1. The summed E-state index contributed by atoms with van der Waals surface area (Å²) in [5.74, 6) is 0.0819. The summed E-state index contributed by atoms with van der Waals surface area (Å²) in [4.78, 5) is 28.7. The molecular formula is C14H18N2O5. The SMILES string of the molecule is COc1c[nH]c(C(=O)N2C[C@H]3COC[C@@]3(CO)C2)cc1=O. The molecule has 0 aliphatic carbocycles. The zero-order valence-corrected chi connectivity index (χ0v) is 11.8. The third kappa shape index (κ3) is 2.22. The van der Waals surface area contributed by atoms with Gasteiger partial charge in [0.15, 0.2) is 5.75 Å². The van der Waals surface area contributed by atoms with Crippen LogP contribution in [0.15, 0.2) is 17.1 Å². The molecule has 0 radical (unpaired) electrons. The molecule has 2 aliphatic rings. The van der Waals surface area contributed by atoms with Crippen LogP contribution in [-0.4, -0.2) is 60.9 Å². The molecule has 2 fully saturated rings. The van der Waals surface area contributed by atoms with Gasteiger partial charge in [-0.05, 0) is 0 Å². The number of aromatic nitrogens is 1. The van der Waals surface area contributed by atoms with E-state index < -0.39 is 0 Å². The number of carbonyl (C=O) groups is 1. The maximum Gasteiger partial charge on any atom is 0.270 e. The summed E-state index contributed by atoms with van der Waals surface area (Å²) < 4.78 is 10.3. The normalized spacial score (nSPS) is 27.7. The number of aliphatic hydroxyl groups excluding tert-OH is 1. The predicted octanol–water partition coefficient (Wildman–Crippen LogP) is -0.536. The van der Waals surface area contributed by atoms with Crippen LogP contribution in [0.1, 0.15) is 10.5 Å². The minimum Gasteiger partial charge on any atom is -0.491 e. The molecule has 7 nitrogen and oxygen atoms in total. The van der Waals surface area contributed by atoms with Crippen molar-refractivity contribution < 1.29 is 19.4 Å². The molecule has 0 saturated carbocycles. The smallest absolute Gasteiger partial charge is 0.270 e. The van der Waals surface area contributed by atoms with E-state index in [-0.39, 0.29) is 40.7 Å². The number of ether oxygens (including phenoxy) is 2. The fourth-order valence-corrected chi connectivity index (χ4v) is 3.12. The molecule has 0 bridgehead atoms. The number of rotatable bonds is 3. The highest BCUT2D eigenvalue weighted by atomic mass is 16.5. The van der Waals surface area contributed by atoms with Gasteiger partial charge in [0.1, 0.15) is 5.69 Å². The number of nitrogens with zero attached hydrogens (tertiary/aromatic N) is 1. The van der Waals surface area contributed by atoms with Gasteiger partial charge in [-0.2, -0.15) is 0 Å². The van der Waals surface area contributed by atoms with E-state index in [0.717, 1.165) is 0 Å². The summed E-state index contributed by atoms with van der Waals surface area (Å²) in [7, 11) is 1.40. The first-order valence-corrected chi connectivity index (χ1v) is 6.84. The first-order chi connectivity index (χ1) is 10.1. The van der Waals surface area contributed by atoms with Crippen LogP contribution in [0.5, 0.6) is 5.75 Å². The Morgan fingerprint density at radius 1 is 1.67 bits per heavy atom. The molecule has 21 heavy (non-hydrogen) atoms. The Morgan fingerprint density at radius 2 is 2.48 bits per heavy atom. The molecule has 1 aromatic heterocycles. The number of aromatic amines is 1. The molecule has 1 aromatic rings. The van der Waals surface area contributed by atoms with E-state index in [1.807, 2.05) is 0 Å². The van der Waals surface area contributed by atoms with Gasteiger partial charge in [0.2, 0.25) is 5.43 Å². The second-order valence-corrected chi connectivity index (χ2v) is 5.70. The minimum absolute atomic E-state index is 0.000574. The Bertz CT molecular complexity index is 614. The van der Waals surface area contributed by atoms with Crippen LogP contribution < -0.4 is 10.2 Å². The van der Waals surface area contributed by atoms with Gasteiger partial charge in [-0.25, -0.2) is 0 Å². The lowest BCUT2D eigenvalue weighted by molar-refractivity contribution is 0.0626. The van der Waals surface area contributed by atoms with Crippen LogP contribution in [0.2, 0.25) is 0 Å². The van der Waals surface area contributed by atoms with Gasteiger partial charge < -0.3 is 24.5 Å². The van der Waals surface area contributed by atoms with Crippen molar-refractivity contribution in [2.45, 2.75) is 0 Å². The number of hydrogen-bond donors (Lipinski definition) is 2. The molecule has 2 saturated heterocycles. The summed E-state index contributed by atoms with van der Waals surface area (Å²) >= 11 is 0. The standard InChI is InChI=1S/C14H18N2O5/c1-20-12-3-15-10(2-11(12)18)13(19)16-4-9-5-21-8-14(9,6-16)7-17/h2-3,9,17H,4-8H2,1H3,(H,15,18)/t9-,14-/m0/s1. The molecule has 0 aromatic carbocycles. The Labute approximate surface area is 121 Å². The quantitative estimate of drug-likeness (QED) is 0.781. The molecule has 3 rings (SSSR count). The summed E-state index contributed by atoms with van der Waals surface area (Å²) in [6.07, 6.45) is 1.39. The van der Waals surface area contributed by atoms with Crippen molar-refractivity contribution in [3.05, 3.63) is 28.2 Å². The average molecular weight is 294 g/mol. The number of methoxy groups -OCH3 is 1. The van der Waals surface area contributed by atoms with Crippen molar-refractivity contribution in [2.24, 2.45) is 11.3 Å². The fraction of sp³-hybridized carbons (Fsp3) is 0.571. The highest BCUT2D eigenvalue weighted by Gasteiger charge is 2.51. The van der Waals surface area contributed by atoms with E-state index in [1.54, 1.807) is 4.90 Å². The number of nitrogens with one attached hydrogen (secondary N) is 1. The molecule has 0 spiro atoms. The van der Waals surface area contributed by atoms with Crippen LogP contribution >= 0.6 is 0 Å². The Kier molecular flexibility index (Phi) is 3.46. The Balaban J connectivity index is 1.81. The Morgan fingerprint density at radius 3 is 3.10 bits per heavy atom. The molecule has 7 heteroatoms. The van der Waals surface area contributed by atoms with Crippen molar-refractivity contribution in [3.8, 4) is 5.75 Å². The summed E-state index contributed by atoms with van der Waals surface area (Å²) in [5, 5.41) is 9.62. The first kappa shape index (κ1) is 14.1. The van der Waals surface area contributed by atoms with Crippen LogP contribution in [0.25, 0.3) is 0 Å². The summed E-state index contributed by atoms with van der Waals surface area (Å²) in [5.41, 5.74) is -0.462. The van der Waals surface area contributed by atoms with Gasteiger partial charge in [-0.1, -0.05) is 0 Å². The highest BCUT2D eigenvalue weighted by Crippen LogP contribution is 2.41. The van der Waals surface area contributed by atoms with Gasteiger partial charge >= 0.3 is 0 Å². The Hall–Kier alpha value is -1.86. The van der Waals surface area contributed by atoms with Gasteiger partial charge in [-0.15, -0.1) is 0 Å². The summed E-state index contributed by atoms with van der Waals surface area (Å²) in [6.45, 7) is 2.01. The molecule has 0 unspecified atom stereocenters. The average Bonchev–Trinajstić information content (AvgIpc) is 3.03. The zero-order chi connectivity index (χ0) is 15.0. The summed E-state index contributed by atoms with van der Waals surface area (Å²) in [6, 6.07) is 1.25. The van der Waals surface area contributed by atoms with Gasteiger partial charge in [0.05, 0.1) is 26.9 Å².